The molecule has 22 heavy (non-hydrogen) atoms. The summed E-state index contributed by atoms with van der Waals surface area (Å²) < 4.78 is 5.06. The fraction of sp³-hybridized carbons (Fsp3) is 0.867. The zero-order valence-corrected chi connectivity index (χ0v) is 14.8. The largest absolute Gasteiger partial charge is 0.466 e. The first-order chi connectivity index (χ1) is 10.2. The average molecular weight is 351 g/mol. The molecular formula is C15H27ClN2O3S. The molecule has 1 heterocycles. The highest BCUT2D eigenvalue weighted by atomic mass is 35.5. The van der Waals surface area contributed by atoms with E-state index in [-0.39, 0.29) is 36.2 Å². The third-order valence-electron chi connectivity index (χ3n) is 4.14. The first kappa shape index (κ1) is 19.6. The number of halogens is 1. The van der Waals surface area contributed by atoms with Crippen LogP contribution in [0.5, 0.6) is 0 Å². The molecule has 1 saturated carbocycles. The van der Waals surface area contributed by atoms with Crippen LogP contribution in [0.3, 0.4) is 0 Å². The number of amides is 1. The minimum atomic E-state index is -0.0780. The van der Waals surface area contributed by atoms with Crippen molar-refractivity contribution in [3.63, 3.8) is 0 Å². The monoisotopic (exact) mass is 350 g/mol. The second-order valence-corrected chi connectivity index (χ2v) is 6.95. The molecule has 0 aromatic carbocycles. The SMILES string of the molecule is CCOC(=O)C1CCC(NC(=O)CC2CSCCN2)CC1.Cl. The Hall–Kier alpha value is -0.460. The summed E-state index contributed by atoms with van der Waals surface area (Å²) in [5.41, 5.74) is 0. The van der Waals surface area contributed by atoms with Crippen molar-refractivity contribution in [1.29, 1.82) is 0 Å². The van der Waals surface area contributed by atoms with E-state index in [4.69, 9.17) is 4.74 Å². The van der Waals surface area contributed by atoms with E-state index in [0.29, 0.717) is 19.1 Å². The molecule has 2 N–H and O–H groups in total. The van der Waals surface area contributed by atoms with Gasteiger partial charge in [0, 0.05) is 36.6 Å². The van der Waals surface area contributed by atoms with Gasteiger partial charge in [0.1, 0.15) is 0 Å². The third kappa shape index (κ3) is 6.34. The second-order valence-electron chi connectivity index (χ2n) is 5.80. The van der Waals surface area contributed by atoms with Crippen molar-refractivity contribution in [2.45, 2.75) is 51.1 Å². The zero-order valence-electron chi connectivity index (χ0n) is 13.1. The van der Waals surface area contributed by atoms with Crippen molar-refractivity contribution in [3.05, 3.63) is 0 Å². The van der Waals surface area contributed by atoms with Crippen LogP contribution in [-0.2, 0) is 14.3 Å². The van der Waals surface area contributed by atoms with Gasteiger partial charge in [0.15, 0.2) is 0 Å². The molecule has 0 bridgehead atoms. The highest BCUT2D eigenvalue weighted by molar-refractivity contribution is 7.99. The molecule has 0 aromatic heterocycles. The lowest BCUT2D eigenvalue weighted by Crippen LogP contribution is -2.44. The number of nitrogens with one attached hydrogen (secondary N) is 2. The van der Waals surface area contributed by atoms with E-state index in [0.717, 1.165) is 43.7 Å². The highest BCUT2D eigenvalue weighted by Crippen LogP contribution is 2.25. The predicted octanol–water partition coefficient (Wildman–Crippen LogP) is 1.74. The number of ether oxygens (including phenoxy) is 1. The minimum absolute atomic E-state index is 0. The van der Waals surface area contributed by atoms with Gasteiger partial charge in [-0.15, -0.1) is 12.4 Å². The quantitative estimate of drug-likeness (QED) is 0.739. The highest BCUT2D eigenvalue weighted by Gasteiger charge is 2.28. The Labute approximate surface area is 143 Å². The fourth-order valence-electron chi connectivity index (χ4n) is 2.99. The normalized spacial score (nSPS) is 28.3. The van der Waals surface area contributed by atoms with E-state index in [1.54, 1.807) is 0 Å². The number of thioether (sulfide) groups is 1. The number of rotatable bonds is 5. The van der Waals surface area contributed by atoms with Crippen LogP contribution < -0.4 is 10.6 Å². The van der Waals surface area contributed by atoms with Gasteiger partial charge < -0.3 is 15.4 Å². The van der Waals surface area contributed by atoms with Crippen LogP contribution in [0, 0.1) is 5.92 Å². The topological polar surface area (TPSA) is 67.4 Å². The average Bonchev–Trinajstić information content (AvgIpc) is 2.49. The van der Waals surface area contributed by atoms with Crippen molar-refractivity contribution in [2.75, 3.05) is 24.7 Å². The number of hydrogen-bond donors (Lipinski definition) is 2. The van der Waals surface area contributed by atoms with Gasteiger partial charge in [0.05, 0.1) is 12.5 Å². The maximum atomic E-state index is 12.0. The third-order valence-corrected chi connectivity index (χ3v) is 5.27. The molecular weight excluding hydrogens is 324 g/mol. The first-order valence-corrected chi connectivity index (χ1v) is 9.11. The van der Waals surface area contributed by atoms with E-state index in [1.807, 2.05) is 18.7 Å². The van der Waals surface area contributed by atoms with Crippen molar-refractivity contribution in [3.8, 4) is 0 Å². The molecule has 0 aromatic rings. The lowest BCUT2D eigenvalue weighted by Gasteiger charge is -2.29. The Morgan fingerprint density at radius 3 is 2.59 bits per heavy atom. The molecule has 2 rings (SSSR count). The smallest absolute Gasteiger partial charge is 0.308 e. The van der Waals surface area contributed by atoms with E-state index >= 15 is 0 Å². The summed E-state index contributed by atoms with van der Waals surface area (Å²) in [6.45, 7) is 3.27. The van der Waals surface area contributed by atoms with Crippen molar-refractivity contribution < 1.29 is 14.3 Å². The van der Waals surface area contributed by atoms with Gasteiger partial charge in [-0.1, -0.05) is 0 Å². The first-order valence-electron chi connectivity index (χ1n) is 7.96. The molecule has 2 fully saturated rings. The number of hydrogen-bond acceptors (Lipinski definition) is 5. The summed E-state index contributed by atoms with van der Waals surface area (Å²) in [5.74, 6) is 2.23. The molecule has 128 valence electrons. The predicted molar refractivity (Wildman–Crippen MR) is 91.5 cm³/mol. The van der Waals surface area contributed by atoms with Gasteiger partial charge in [-0.05, 0) is 32.6 Å². The summed E-state index contributed by atoms with van der Waals surface area (Å²) >= 11 is 1.91. The van der Waals surface area contributed by atoms with Crippen LogP contribution in [0.25, 0.3) is 0 Å². The summed E-state index contributed by atoms with van der Waals surface area (Å²) in [5, 5.41) is 6.50. The van der Waals surface area contributed by atoms with Crippen LogP contribution in [0.2, 0.25) is 0 Å². The van der Waals surface area contributed by atoms with Crippen molar-refractivity contribution in [1.82, 2.24) is 10.6 Å². The summed E-state index contributed by atoms with van der Waals surface area (Å²) in [4.78, 5) is 23.7. The Bertz CT molecular complexity index is 357. The van der Waals surface area contributed by atoms with Crippen LogP contribution in [0.15, 0.2) is 0 Å². The molecule has 1 aliphatic heterocycles. The van der Waals surface area contributed by atoms with Gasteiger partial charge in [0.2, 0.25) is 5.91 Å². The van der Waals surface area contributed by atoms with Gasteiger partial charge in [-0.25, -0.2) is 0 Å². The molecule has 5 nitrogen and oxygen atoms in total. The Balaban J connectivity index is 0.00000242. The van der Waals surface area contributed by atoms with Crippen LogP contribution in [-0.4, -0.2) is 48.6 Å². The summed E-state index contributed by atoms with van der Waals surface area (Å²) in [6.07, 6.45) is 3.96. The van der Waals surface area contributed by atoms with Crippen LogP contribution >= 0.6 is 24.2 Å². The van der Waals surface area contributed by atoms with Gasteiger partial charge in [0.25, 0.3) is 0 Å². The Morgan fingerprint density at radius 1 is 1.27 bits per heavy atom. The Kier molecular flexibility index (Phi) is 9.21. The van der Waals surface area contributed by atoms with E-state index in [9.17, 15) is 9.59 Å². The summed E-state index contributed by atoms with van der Waals surface area (Å²) in [6, 6.07) is 0.527. The van der Waals surface area contributed by atoms with Crippen molar-refractivity contribution in [2.24, 2.45) is 5.92 Å². The van der Waals surface area contributed by atoms with Crippen LogP contribution in [0.1, 0.15) is 39.0 Å². The Morgan fingerprint density at radius 2 is 2.00 bits per heavy atom. The maximum Gasteiger partial charge on any atom is 0.308 e. The molecule has 0 radical (unpaired) electrons. The number of esters is 1. The minimum Gasteiger partial charge on any atom is -0.466 e. The molecule has 1 amide bonds. The number of carbonyl (C=O) groups excluding carboxylic acids is 2. The molecule has 0 spiro atoms. The molecule has 7 heteroatoms. The molecule has 1 unspecified atom stereocenters. The maximum absolute atomic E-state index is 12.0. The van der Waals surface area contributed by atoms with Crippen molar-refractivity contribution >= 4 is 36.0 Å². The van der Waals surface area contributed by atoms with Gasteiger partial charge in [-0.2, -0.15) is 11.8 Å². The van der Waals surface area contributed by atoms with Crippen LogP contribution in [0.4, 0.5) is 0 Å². The van der Waals surface area contributed by atoms with E-state index in [2.05, 4.69) is 10.6 Å². The standard InChI is InChI=1S/C15H26N2O3S.ClH/c1-2-20-15(19)11-3-5-12(6-4-11)17-14(18)9-13-10-21-8-7-16-13;/h11-13,16H,2-10H2,1H3,(H,17,18);1H. The molecule has 1 atom stereocenters. The lowest BCUT2D eigenvalue weighted by atomic mass is 9.86. The second kappa shape index (κ2) is 10.3. The zero-order chi connectivity index (χ0) is 15.1. The molecule has 2 aliphatic rings. The van der Waals surface area contributed by atoms with Gasteiger partial charge >= 0.3 is 5.97 Å². The van der Waals surface area contributed by atoms with E-state index in [1.165, 1.54) is 0 Å². The number of carbonyl (C=O) groups is 2. The molecule has 1 saturated heterocycles. The fourth-order valence-corrected chi connectivity index (χ4v) is 3.94. The summed E-state index contributed by atoms with van der Waals surface area (Å²) in [7, 11) is 0. The van der Waals surface area contributed by atoms with E-state index < -0.39 is 0 Å². The lowest BCUT2D eigenvalue weighted by molar-refractivity contribution is -0.149. The molecule has 1 aliphatic carbocycles. The van der Waals surface area contributed by atoms with Gasteiger partial charge in [-0.3, -0.25) is 9.59 Å².